The van der Waals surface area contributed by atoms with E-state index in [1.165, 1.54) is 19.3 Å². The quantitative estimate of drug-likeness (QED) is 0.799. The molecule has 2 rings (SSSR count). The van der Waals surface area contributed by atoms with Crippen LogP contribution in [0, 0.1) is 5.92 Å². The Morgan fingerprint density at radius 2 is 2.06 bits per heavy atom. The molecule has 0 heterocycles. The van der Waals surface area contributed by atoms with Crippen molar-refractivity contribution in [2.24, 2.45) is 5.92 Å². The first-order valence-corrected chi connectivity index (χ1v) is 6.86. The van der Waals surface area contributed by atoms with Crippen molar-refractivity contribution in [3.05, 3.63) is 18.2 Å². The molecular formula is C15H24N2O. The van der Waals surface area contributed by atoms with Gasteiger partial charge >= 0.3 is 0 Å². The Hall–Kier alpha value is -1.38. The minimum atomic E-state index is 0.172. The van der Waals surface area contributed by atoms with Gasteiger partial charge in [-0.2, -0.15) is 0 Å². The zero-order valence-corrected chi connectivity index (χ0v) is 11.6. The highest BCUT2D eigenvalue weighted by Crippen LogP contribution is 2.30. The molecule has 0 bridgehead atoms. The van der Waals surface area contributed by atoms with E-state index in [4.69, 9.17) is 10.5 Å². The first-order valence-electron chi connectivity index (χ1n) is 6.86. The first-order chi connectivity index (χ1) is 8.52. The summed E-state index contributed by atoms with van der Waals surface area (Å²) in [6.07, 6.45) is 3.98. The van der Waals surface area contributed by atoms with E-state index >= 15 is 0 Å². The maximum absolute atomic E-state index is 5.92. The molecular weight excluding hydrogens is 224 g/mol. The Morgan fingerprint density at radius 1 is 1.28 bits per heavy atom. The normalized spacial score (nSPS) is 23.3. The van der Waals surface area contributed by atoms with Crippen LogP contribution in [-0.2, 0) is 0 Å². The van der Waals surface area contributed by atoms with Crippen LogP contribution in [0.1, 0.15) is 40.0 Å². The van der Waals surface area contributed by atoms with Crippen LogP contribution in [0.2, 0.25) is 0 Å². The topological polar surface area (TPSA) is 47.3 Å². The highest BCUT2D eigenvalue weighted by Gasteiger charge is 2.21. The van der Waals surface area contributed by atoms with E-state index in [1.54, 1.807) is 0 Å². The molecule has 3 heteroatoms. The van der Waals surface area contributed by atoms with Crippen LogP contribution in [0.25, 0.3) is 0 Å². The maximum Gasteiger partial charge on any atom is 0.123 e. The van der Waals surface area contributed by atoms with Crippen molar-refractivity contribution in [3.63, 3.8) is 0 Å². The molecule has 1 aliphatic carbocycles. The molecule has 3 N–H and O–H groups in total. The summed E-state index contributed by atoms with van der Waals surface area (Å²) in [5, 5.41) is 3.57. The standard InChI is InChI=1S/C15H24N2O/c1-10(2)18-15-8-12(16)7-14(9-15)17-13-5-4-11(3)6-13/h7-11,13,17H,4-6,16H2,1-3H3. The molecule has 18 heavy (non-hydrogen) atoms. The molecule has 0 radical (unpaired) electrons. The van der Waals surface area contributed by atoms with Crippen molar-refractivity contribution in [3.8, 4) is 5.75 Å². The SMILES string of the molecule is CC1CCC(Nc2cc(N)cc(OC(C)C)c2)C1. The first kappa shape index (κ1) is 13.1. The average Bonchev–Trinajstić information content (AvgIpc) is 2.61. The highest BCUT2D eigenvalue weighted by atomic mass is 16.5. The zero-order chi connectivity index (χ0) is 13.1. The van der Waals surface area contributed by atoms with Gasteiger partial charge in [-0.05, 0) is 45.1 Å². The minimum absolute atomic E-state index is 0.172. The minimum Gasteiger partial charge on any atom is -0.491 e. The third kappa shape index (κ3) is 3.56. The van der Waals surface area contributed by atoms with E-state index in [-0.39, 0.29) is 6.10 Å². The lowest BCUT2D eigenvalue weighted by Gasteiger charge is -2.17. The van der Waals surface area contributed by atoms with Crippen molar-refractivity contribution in [2.75, 3.05) is 11.1 Å². The second kappa shape index (κ2) is 5.51. The smallest absolute Gasteiger partial charge is 0.123 e. The Kier molecular flexibility index (Phi) is 4.00. The number of ether oxygens (including phenoxy) is 1. The van der Waals surface area contributed by atoms with E-state index in [0.717, 1.165) is 23.0 Å². The van der Waals surface area contributed by atoms with Crippen LogP contribution in [0.3, 0.4) is 0 Å². The number of benzene rings is 1. The molecule has 1 saturated carbocycles. The van der Waals surface area contributed by atoms with E-state index in [0.29, 0.717) is 6.04 Å². The largest absolute Gasteiger partial charge is 0.491 e. The molecule has 1 aromatic carbocycles. The number of hydrogen-bond donors (Lipinski definition) is 2. The molecule has 0 aromatic heterocycles. The lowest BCUT2D eigenvalue weighted by atomic mass is 10.1. The van der Waals surface area contributed by atoms with Crippen LogP contribution in [0.15, 0.2) is 18.2 Å². The Bertz CT molecular complexity index is 403. The van der Waals surface area contributed by atoms with Crippen LogP contribution in [0.5, 0.6) is 5.75 Å². The summed E-state index contributed by atoms with van der Waals surface area (Å²) in [5.41, 5.74) is 7.74. The fraction of sp³-hybridized carbons (Fsp3) is 0.600. The van der Waals surface area contributed by atoms with Gasteiger partial charge in [0.25, 0.3) is 0 Å². The summed E-state index contributed by atoms with van der Waals surface area (Å²) in [7, 11) is 0. The van der Waals surface area contributed by atoms with Gasteiger partial charge in [-0.3, -0.25) is 0 Å². The van der Waals surface area contributed by atoms with Crippen LogP contribution in [-0.4, -0.2) is 12.1 Å². The Balaban J connectivity index is 2.05. The van der Waals surface area contributed by atoms with Crippen LogP contribution in [0.4, 0.5) is 11.4 Å². The molecule has 0 spiro atoms. The van der Waals surface area contributed by atoms with Crippen molar-refractivity contribution in [1.82, 2.24) is 0 Å². The molecule has 1 aromatic rings. The third-order valence-electron chi connectivity index (χ3n) is 3.37. The van der Waals surface area contributed by atoms with E-state index in [2.05, 4.69) is 12.2 Å². The molecule has 1 fully saturated rings. The van der Waals surface area contributed by atoms with Gasteiger partial charge in [0, 0.05) is 29.5 Å². The molecule has 0 saturated heterocycles. The summed E-state index contributed by atoms with van der Waals surface area (Å²) >= 11 is 0. The van der Waals surface area contributed by atoms with Gasteiger partial charge in [0.15, 0.2) is 0 Å². The number of nitrogens with one attached hydrogen (secondary N) is 1. The van der Waals surface area contributed by atoms with E-state index < -0.39 is 0 Å². The predicted octanol–water partition coefficient (Wildman–Crippen LogP) is 3.66. The average molecular weight is 248 g/mol. The Morgan fingerprint density at radius 3 is 2.67 bits per heavy atom. The molecule has 2 unspecified atom stereocenters. The predicted molar refractivity (Wildman–Crippen MR) is 77.0 cm³/mol. The van der Waals surface area contributed by atoms with Crippen LogP contribution < -0.4 is 15.8 Å². The number of nitrogen functional groups attached to an aromatic ring is 1. The highest BCUT2D eigenvalue weighted by molar-refractivity contribution is 5.59. The monoisotopic (exact) mass is 248 g/mol. The van der Waals surface area contributed by atoms with Crippen molar-refractivity contribution >= 4 is 11.4 Å². The fourth-order valence-corrected chi connectivity index (χ4v) is 2.62. The van der Waals surface area contributed by atoms with Gasteiger partial charge in [-0.15, -0.1) is 0 Å². The second-order valence-corrected chi connectivity index (χ2v) is 5.72. The van der Waals surface area contributed by atoms with Crippen LogP contribution >= 0.6 is 0 Å². The van der Waals surface area contributed by atoms with Gasteiger partial charge in [0.05, 0.1) is 6.10 Å². The number of nitrogens with two attached hydrogens (primary N) is 1. The van der Waals surface area contributed by atoms with Crippen molar-refractivity contribution < 1.29 is 4.74 Å². The van der Waals surface area contributed by atoms with Crippen molar-refractivity contribution in [2.45, 2.75) is 52.2 Å². The summed E-state index contributed by atoms with van der Waals surface area (Å²) in [6.45, 7) is 6.36. The molecule has 100 valence electrons. The lowest BCUT2D eigenvalue weighted by molar-refractivity contribution is 0.242. The molecule has 0 amide bonds. The van der Waals surface area contributed by atoms with E-state index in [1.807, 2.05) is 32.0 Å². The maximum atomic E-state index is 5.92. The summed E-state index contributed by atoms with van der Waals surface area (Å²) in [4.78, 5) is 0. The van der Waals surface area contributed by atoms with Gasteiger partial charge in [0.1, 0.15) is 5.75 Å². The third-order valence-corrected chi connectivity index (χ3v) is 3.37. The number of anilines is 2. The van der Waals surface area contributed by atoms with Gasteiger partial charge in [-0.25, -0.2) is 0 Å². The van der Waals surface area contributed by atoms with E-state index in [9.17, 15) is 0 Å². The fourth-order valence-electron chi connectivity index (χ4n) is 2.62. The number of rotatable bonds is 4. The molecule has 1 aliphatic rings. The number of hydrogen-bond acceptors (Lipinski definition) is 3. The van der Waals surface area contributed by atoms with Gasteiger partial charge in [0.2, 0.25) is 0 Å². The Labute approximate surface area is 110 Å². The summed E-state index contributed by atoms with van der Waals surface area (Å²) in [5.74, 6) is 1.67. The van der Waals surface area contributed by atoms with Gasteiger partial charge < -0.3 is 15.8 Å². The summed E-state index contributed by atoms with van der Waals surface area (Å²) < 4.78 is 5.70. The lowest BCUT2D eigenvalue weighted by Crippen LogP contribution is -2.15. The summed E-state index contributed by atoms with van der Waals surface area (Å²) in [6, 6.07) is 6.48. The molecule has 0 aliphatic heterocycles. The van der Waals surface area contributed by atoms with Gasteiger partial charge in [-0.1, -0.05) is 6.92 Å². The second-order valence-electron chi connectivity index (χ2n) is 5.72. The molecule has 3 nitrogen and oxygen atoms in total. The zero-order valence-electron chi connectivity index (χ0n) is 11.6. The molecule has 2 atom stereocenters. The van der Waals surface area contributed by atoms with Crippen molar-refractivity contribution in [1.29, 1.82) is 0 Å².